The van der Waals surface area contributed by atoms with Crippen LogP contribution in [0.15, 0.2) is 50.4 Å². The Hall–Kier alpha value is -2.39. The molecule has 0 aliphatic rings. The summed E-state index contributed by atoms with van der Waals surface area (Å²) in [5.41, 5.74) is 4.60. The molecular formula is C18H17Br2N3O4. The van der Waals surface area contributed by atoms with Crippen LogP contribution in [0.1, 0.15) is 11.1 Å². The van der Waals surface area contributed by atoms with Crippen LogP contribution in [-0.4, -0.2) is 31.9 Å². The largest absolute Gasteiger partial charge is 0.481 e. The highest BCUT2D eigenvalue weighted by Gasteiger charge is 2.07. The fourth-order valence-corrected chi connectivity index (χ4v) is 2.61. The number of hydrogen-bond donors (Lipinski definition) is 2. The maximum atomic E-state index is 12.0. The van der Waals surface area contributed by atoms with Crippen LogP contribution in [0.3, 0.4) is 0 Å². The van der Waals surface area contributed by atoms with Crippen LogP contribution in [0.25, 0.3) is 0 Å². The van der Waals surface area contributed by atoms with Crippen LogP contribution in [0.2, 0.25) is 0 Å². The highest BCUT2D eigenvalue weighted by atomic mass is 79.9. The van der Waals surface area contributed by atoms with Crippen LogP contribution in [0, 0.1) is 6.92 Å². The molecule has 0 radical (unpaired) electrons. The number of benzene rings is 2. The first-order valence-electron chi connectivity index (χ1n) is 7.74. The molecule has 2 N–H and O–H groups in total. The van der Waals surface area contributed by atoms with E-state index >= 15 is 0 Å². The molecule has 2 aromatic rings. The number of rotatable bonds is 6. The second-order valence-electron chi connectivity index (χ2n) is 5.34. The molecule has 0 aliphatic heterocycles. The number of anilines is 1. The number of hydrogen-bond acceptors (Lipinski definition) is 5. The molecule has 0 atom stereocenters. The van der Waals surface area contributed by atoms with Gasteiger partial charge in [0.05, 0.1) is 13.3 Å². The van der Waals surface area contributed by atoms with Crippen LogP contribution < -0.4 is 15.5 Å². The molecule has 0 spiro atoms. The molecule has 142 valence electrons. The van der Waals surface area contributed by atoms with E-state index in [1.54, 1.807) is 24.3 Å². The van der Waals surface area contributed by atoms with E-state index in [1.165, 1.54) is 13.3 Å². The topological polar surface area (TPSA) is 89.0 Å². The van der Waals surface area contributed by atoms with Crippen molar-refractivity contribution in [3.05, 3.63) is 56.5 Å². The first-order valence-corrected chi connectivity index (χ1v) is 9.33. The summed E-state index contributed by atoms with van der Waals surface area (Å²) in [6.45, 7) is 1.70. The van der Waals surface area contributed by atoms with Gasteiger partial charge in [-0.15, -0.1) is 0 Å². The summed E-state index contributed by atoms with van der Waals surface area (Å²) in [5.74, 6) is -0.0683. The molecular weight excluding hydrogens is 482 g/mol. The van der Waals surface area contributed by atoms with Crippen LogP contribution in [0.5, 0.6) is 5.75 Å². The molecule has 27 heavy (non-hydrogen) atoms. The number of methoxy groups -OCH3 is 1. The number of carbonyl (C=O) groups is 2. The van der Waals surface area contributed by atoms with Crippen LogP contribution in [-0.2, 0) is 9.53 Å². The molecule has 0 unspecified atom stereocenters. The Kier molecular flexibility index (Phi) is 7.81. The number of esters is 1. The molecule has 9 heteroatoms. The molecule has 2 aromatic carbocycles. The van der Waals surface area contributed by atoms with Crippen LogP contribution in [0.4, 0.5) is 10.5 Å². The molecule has 0 saturated heterocycles. The number of carbonyl (C=O) groups excluding carboxylic acids is 2. The fourth-order valence-electron chi connectivity index (χ4n) is 1.99. The van der Waals surface area contributed by atoms with Gasteiger partial charge in [0.25, 0.3) is 0 Å². The highest BCUT2D eigenvalue weighted by Crippen LogP contribution is 2.22. The first kappa shape index (κ1) is 20.9. The van der Waals surface area contributed by atoms with Crippen molar-refractivity contribution in [1.82, 2.24) is 5.43 Å². The number of hydrazone groups is 1. The van der Waals surface area contributed by atoms with E-state index in [4.69, 9.17) is 4.74 Å². The van der Waals surface area contributed by atoms with Crippen molar-refractivity contribution in [3.63, 3.8) is 0 Å². The van der Waals surface area contributed by atoms with E-state index in [1.807, 2.05) is 19.1 Å². The molecule has 7 nitrogen and oxygen atoms in total. The third-order valence-electron chi connectivity index (χ3n) is 3.33. The van der Waals surface area contributed by atoms with Gasteiger partial charge in [-0.05, 0) is 48.9 Å². The van der Waals surface area contributed by atoms with Crippen molar-refractivity contribution < 1.29 is 19.1 Å². The number of amides is 2. The normalized spacial score (nSPS) is 10.5. The molecule has 0 aliphatic carbocycles. The number of ether oxygens (including phenoxy) is 2. The van der Waals surface area contributed by atoms with Gasteiger partial charge in [0.15, 0.2) is 6.61 Å². The number of urea groups is 1. The smallest absolute Gasteiger partial charge is 0.343 e. The zero-order valence-corrected chi connectivity index (χ0v) is 17.8. The van der Waals surface area contributed by atoms with Gasteiger partial charge in [0.2, 0.25) is 0 Å². The van der Waals surface area contributed by atoms with Gasteiger partial charge in [-0.1, -0.05) is 31.9 Å². The van der Waals surface area contributed by atoms with Crippen LogP contribution >= 0.6 is 31.9 Å². The van der Waals surface area contributed by atoms with Crippen molar-refractivity contribution in [2.24, 2.45) is 5.10 Å². The maximum Gasteiger partial charge on any atom is 0.343 e. The average Bonchev–Trinajstić information content (AvgIpc) is 2.63. The predicted molar refractivity (Wildman–Crippen MR) is 110 cm³/mol. The van der Waals surface area contributed by atoms with Gasteiger partial charge in [0.1, 0.15) is 5.75 Å². The Morgan fingerprint density at radius 3 is 2.67 bits per heavy atom. The maximum absolute atomic E-state index is 12.0. The number of aryl methyl sites for hydroxylation is 1. The monoisotopic (exact) mass is 497 g/mol. The minimum absolute atomic E-state index is 0.226. The van der Waals surface area contributed by atoms with Gasteiger partial charge in [-0.2, -0.15) is 5.10 Å². The Morgan fingerprint density at radius 2 is 1.96 bits per heavy atom. The summed E-state index contributed by atoms with van der Waals surface area (Å²) in [7, 11) is 1.28. The van der Waals surface area contributed by atoms with E-state index in [-0.39, 0.29) is 6.61 Å². The lowest BCUT2D eigenvalue weighted by Gasteiger charge is -2.09. The lowest BCUT2D eigenvalue weighted by Crippen LogP contribution is -2.24. The summed E-state index contributed by atoms with van der Waals surface area (Å²) in [6, 6.07) is 10.2. The molecule has 2 amide bonds. The molecule has 2 rings (SSSR count). The van der Waals surface area contributed by atoms with Crippen molar-refractivity contribution >= 4 is 55.8 Å². The third kappa shape index (κ3) is 6.69. The van der Waals surface area contributed by atoms with E-state index < -0.39 is 12.0 Å². The standard InChI is InChI=1S/C18H17Br2N3O4/c1-11-7-14(4-5-15(11)20)22-18(25)23-21-9-12-8-13(19)3-6-16(12)27-10-17(24)26-2/h3-9H,10H2,1-2H3,(H2,22,23,25)/b21-9+. The summed E-state index contributed by atoms with van der Waals surface area (Å²) in [5, 5.41) is 6.60. The van der Waals surface area contributed by atoms with E-state index in [9.17, 15) is 9.59 Å². The molecule has 0 bridgehead atoms. The van der Waals surface area contributed by atoms with Gasteiger partial charge >= 0.3 is 12.0 Å². The van der Waals surface area contributed by atoms with Crippen molar-refractivity contribution in [1.29, 1.82) is 0 Å². The third-order valence-corrected chi connectivity index (χ3v) is 4.71. The summed E-state index contributed by atoms with van der Waals surface area (Å²) >= 11 is 6.76. The quantitative estimate of drug-likeness (QED) is 0.354. The highest BCUT2D eigenvalue weighted by molar-refractivity contribution is 9.10. The van der Waals surface area contributed by atoms with Crippen molar-refractivity contribution in [3.8, 4) is 5.75 Å². The molecule has 0 aromatic heterocycles. The van der Waals surface area contributed by atoms with E-state index in [0.29, 0.717) is 17.0 Å². The second-order valence-corrected chi connectivity index (χ2v) is 7.11. The zero-order chi connectivity index (χ0) is 19.8. The summed E-state index contributed by atoms with van der Waals surface area (Å²) in [4.78, 5) is 23.2. The van der Waals surface area contributed by atoms with E-state index in [2.05, 4.69) is 52.4 Å². The van der Waals surface area contributed by atoms with E-state index in [0.717, 1.165) is 14.5 Å². The Balaban J connectivity index is 1.99. The minimum atomic E-state index is -0.497. The SMILES string of the molecule is COC(=O)COc1ccc(Br)cc1/C=N/NC(=O)Nc1ccc(Br)c(C)c1. The first-order chi connectivity index (χ1) is 12.9. The van der Waals surface area contributed by atoms with Gasteiger partial charge in [-0.3, -0.25) is 0 Å². The second kappa shape index (κ2) is 10.1. The van der Waals surface area contributed by atoms with Gasteiger partial charge < -0.3 is 14.8 Å². The number of nitrogens with zero attached hydrogens (tertiary/aromatic N) is 1. The predicted octanol–water partition coefficient (Wildman–Crippen LogP) is 4.23. The molecule has 0 fully saturated rings. The zero-order valence-electron chi connectivity index (χ0n) is 14.6. The van der Waals surface area contributed by atoms with Crippen molar-refractivity contribution in [2.45, 2.75) is 6.92 Å². The van der Waals surface area contributed by atoms with Crippen molar-refractivity contribution in [2.75, 3.05) is 19.0 Å². The van der Waals surface area contributed by atoms with Gasteiger partial charge in [-0.25, -0.2) is 15.0 Å². The minimum Gasteiger partial charge on any atom is -0.481 e. The number of halogens is 2. The Labute approximate surface area is 173 Å². The Bertz CT molecular complexity index is 872. The molecule has 0 heterocycles. The lowest BCUT2D eigenvalue weighted by molar-refractivity contribution is -0.142. The lowest BCUT2D eigenvalue weighted by atomic mass is 10.2. The number of nitrogens with one attached hydrogen (secondary N) is 2. The molecule has 0 saturated carbocycles. The average molecular weight is 499 g/mol. The summed E-state index contributed by atoms with van der Waals surface area (Å²) < 4.78 is 11.7. The summed E-state index contributed by atoms with van der Waals surface area (Å²) in [6.07, 6.45) is 1.42. The fraction of sp³-hybridized carbons (Fsp3) is 0.167. The van der Waals surface area contributed by atoms with Gasteiger partial charge in [0, 0.05) is 20.2 Å². The Morgan fingerprint density at radius 1 is 1.19 bits per heavy atom.